The van der Waals surface area contributed by atoms with Crippen molar-refractivity contribution in [2.75, 3.05) is 18.4 Å². The zero-order chi connectivity index (χ0) is 15.6. The Balaban J connectivity index is 2.04. The van der Waals surface area contributed by atoms with Crippen molar-refractivity contribution in [2.24, 2.45) is 0 Å². The predicted molar refractivity (Wildman–Crippen MR) is 90.4 cm³/mol. The highest BCUT2D eigenvalue weighted by molar-refractivity contribution is 9.11. The van der Waals surface area contributed by atoms with Crippen LogP contribution in [0, 0.1) is 0 Å². The van der Waals surface area contributed by atoms with Crippen LogP contribution in [0.5, 0.6) is 0 Å². The van der Waals surface area contributed by atoms with Gasteiger partial charge in [0.1, 0.15) is 6.04 Å². The zero-order valence-electron chi connectivity index (χ0n) is 10.9. The average molecular weight is 485 g/mol. The van der Waals surface area contributed by atoms with Crippen LogP contribution in [0.15, 0.2) is 25.6 Å². The van der Waals surface area contributed by atoms with Crippen molar-refractivity contribution < 1.29 is 14.7 Å². The summed E-state index contributed by atoms with van der Waals surface area (Å²) in [6, 6.07) is 3.10. The summed E-state index contributed by atoms with van der Waals surface area (Å²) in [5.41, 5.74) is 0.634. The van der Waals surface area contributed by atoms with Crippen molar-refractivity contribution in [3.05, 3.63) is 25.6 Å². The molecule has 114 valence electrons. The van der Waals surface area contributed by atoms with E-state index in [9.17, 15) is 9.59 Å². The molecule has 1 heterocycles. The number of carboxylic acids is 1. The molecule has 0 aliphatic carbocycles. The van der Waals surface area contributed by atoms with Crippen molar-refractivity contribution in [3.63, 3.8) is 0 Å². The number of likely N-dealkylation sites (tertiary alicyclic amines) is 1. The number of carboxylic acid groups (broad SMARTS) is 1. The van der Waals surface area contributed by atoms with Crippen LogP contribution in [0.2, 0.25) is 0 Å². The number of carbonyl (C=O) groups is 2. The molecule has 0 saturated carbocycles. The molecule has 1 saturated heterocycles. The second-order valence-corrected chi connectivity index (χ2v) is 7.38. The van der Waals surface area contributed by atoms with Gasteiger partial charge in [-0.2, -0.15) is 0 Å². The van der Waals surface area contributed by atoms with Crippen LogP contribution in [0.3, 0.4) is 0 Å². The Hall–Kier alpha value is -0.440. The van der Waals surface area contributed by atoms with E-state index in [1.54, 1.807) is 4.90 Å². The second-order valence-electron chi connectivity index (χ2n) is 4.76. The lowest BCUT2D eigenvalue weighted by Crippen LogP contribution is -2.41. The summed E-state index contributed by atoms with van der Waals surface area (Å²) in [6.07, 6.45) is 1.39. The molecule has 1 amide bonds. The standard InChI is InChI=1S/C13H13Br3N2O3/c14-7-4-8(15)12(9(16)5-7)17-11(19)6-18-3-1-2-10(18)13(20)21/h4-5,10H,1-3,6H2,(H,17,19)(H,20,21). The highest BCUT2D eigenvalue weighted by Crippen LogP contribution is 2.34. The lowest BCUT2D eigenvalue weighted by atomic mass is 10.2. The summed E-state index contributed by atoms with van der Waals surface area (Å²) in [6.45, 7) is 0.707. The molecular weight excluding hydrogens is 472 g/mol. The molecule has 1 aromatic rings. The Morgan fingerprint density at radius 1 is 1.29 bits per heavy atom. The Morgan fingerprint density at radius 2 is 1.90 bits per heavy atom. The molecule has 21 heavy (non-hydrogen) atoms. The van der Waals surface area contributed by atoms with E-state index in [0.717, 1.165) is 19.8 Å². The van der Waals surface area contributed by atoms with Crippen LogP contribution < -0.4 is 5.32 Å². The second kappa shape index (κ2) is 7.21. The first kappa shape index (κ1) is 16.9. The molecule has 5 nitrogen and oxygen atoms in total. The number of anilines is 1. The molecule has 1 aromatic carbocycles. The van der Waals surface area contributed by atoms with Crippen LogP contribution in [0.25, 0.3) is 0 Å². The van der Waals surface area contributed by atoms with E-state index in [2.05, 4.69) is 53.1 Å². The van der Waals surface area contributed by atoms with E-state index in [-0.39, 0.29) is 12.5 Å². The fraction of sp³-hybridized carbons (Fsp3) is 0.385. The van der Waals surface area contributed by atoms with E-state index < -0.39 is 12.0 Å². The molecule has 2 rings (SSSR count). The molecule has 0 aromatic heterocycles. The summed E-state index contributed by atoms with van der Waals surface area (Å²) < 4.78 is 2.37. The number of benzene rings is 1. The molecule has 1 unspecified atom stereocenters. The van der Waals surface area contributed by atoms with Crippen LogP contribution in [0.4, 0.5) is 5.69 Å². The third-order valence-electron chi connectivity index (χ3n) is 3.27. The molecule has 0 radical (unpaired) electrons. The third-order valence-corrected chi connectivity index (χ3v) is 4.98. The maximum absolute atomic E-state index is 12.1. The van der Waals surface area contributed by atoms with Crippen LogP contribution in [-0.4, -0.2) is 41.0 Å². The van der Waals surface area contributed by atoms with E-state index in [4.69, 9.17) is 5.11 Å². The normalized spacial score (nSPS) is 18.7. The van der Waals surface area contributed by atoms with Gasteiger partial charge in [0.25, 0.3) is 0 Å². The Morgan fingerprint density at radius 3 is 2.48 bits per heavy atom. The van der Waals surface area contributed by atoms with Crippen molar-refractivity contribution in [1.29, 1.82) is 0 Å². The number of nitrogens with zero attached hydrogens (tertiary/aromatic N) is 1. The fourth-order valence-electron chi connectivity index (χ4n) is 2.32. The van der Waals surface area contributed by atoms with Crippen LogP contribution >= 0.6 is 47.8 Å². The maximum Gasteiger partial charge on any atom is 0.320 e. The van der Waals surface area contributed by atoms with Gasteiger partial charge in [-0.1, -0.05) is 15.9 Å². The third kappa shape index (κ3) is 4.28. The van der Waals surface area contributed by atoms with Gasteiger partial charge in [-0.15, -0.1) is 0 Å². The minimum atomic E-state index is -0.869. The molecule has 0 spiro atoms. The summed E-state index contributed by atoms with van der Waals surface area (Å²) in [5.74, 6) is -1.10. The number of halogens is 3. The first-order valence-corrected chi connectivity index (χ1v) is 8.67. The van der Waals surface area contributed by atoms with Gasteiger partial charge < -0.3 is 10.4 Å². The van der Waals surface area contributed by atoms with Crippen LogP contribution in [-0.2, 0) is 9.59 Å². The number of hydrogen-bond donors (Lipinski definition) is 2. The minimum Gasteiger partial charge on any atom is -0.480 e. The highest BCUT2D eigenvalue weighted by Gasteiger charge is 2.31. The average Bonchev–Trinajstić information content (AvgIpc) is 2.82. The van der Waals surface area contributed by atoms with Crippen molar-refractivity contribution in [1.82, 2.24) is 4.90 Å². The van der Waals surface area contributed by atoms with Crippen molar-refractivity contribution in [3.8, 4) is 0 Å². The smallest absolute Gasteiger partial charge is 0.320 e. The molecule has 0 bridgehead atoms. The molecule has 1 fully saturated rings. The van der Waals surface area contributed by atoms with E-state index >= 15 is 0 Å². The molecule has 2 N–H and O–H groups in total. The van der Waals surface area contributed by atoms with E-state index in [0.29, 0.717) is 18.7 Å². The number of hydrogen-bond acceptors (Lipinski definition) is 3. The zero-order valence-corrected chi connectivity index (χ0v) is 15.7. The monoisotopic (exact) mass is 482 g/mol. The summed E-state index contributed by atoms with van der Waals surface area (Å²) in [7, 11) is 0. The first-order valence-electron chi connectivity index (χ1n) is 6.29. The van der Waals surface area contributed by atoms with Crippen molar-refractivity contribution in [2.45, 2.75) is 18.9 Å². The van der Waals surface area contributed by atoms with Gasteiger partial charge in [-0.05, 0) is 63.4 Å². The fourth-order valence-corrected chi connectivity index (χ4v) is 4.78. The number of carbonyl (C=O) groups excluding carboxylic acids is 1. The maximum atomic E-state index is 12.1. The molecule has 1 aliphatic rings. The lowest BCUT2D eigenvalue weighted by Gasteiger charge is -2.20. The largest absolute Gasteiger partial charge is 0.480 e. The Labute approximate surface area is 147 Å². The number of rotatable bonds is 4. The highest BCUT2D eigenvalue weighted by atomic mass is 79.9. The SMILES string of the molecule is O=C(CN1CCCC1C(=O)O)Nc1c(Br)cc(Br)cc1Br. The summed E-state index contributed by atoms with van der Waals surface area (Å²) in [5, 5.41) is 11.9. The van der Waals surface area contributed by atoms with E-state index in [1.165, 1.54) is 0 Å². The van der Waals surface area contributed by atoms with Gasteiger partial charge in [0.2, 0.25) is 5.91 Å². The summed E-state index contributed by atoms with van der Waals surface area (Å²) >= 11 is 10.1. The summed E-state index contributed by atoms with van der Waals surface area (Å²) in [4.78, 5) is 24.9. The molecule has 8 heteroatoms. The minimum absolute atomic E-state index is 0.0753. The predicted octanol–water partition coefficient (Wildman–Crippen LogP) is 3.46. The number of amides is 1. The van der Waals surface area contributed by atoms with Gasteiger partial charge in [0.15, 0.2) is 0 Å². The molecular formula is C13H13Br3N2O3. The van der Waals surface area contributed by atoms with Gasteiger partial charge in [-0.25, -0.2) is 0 Å². The first-order chi connectivity index (χ1) is 9.88. The van der Waals surface area contributed by atoms with Gasteiger partial charge in [0.05, 0.1) is 12.2 Å². The van der Waals surface area contributed by atoms with Crippen LogP contribution in [0.1, 0.15) is 12.8 Å². The topological polar surface area (TPSA) is 69.6 Å². The van der Waals surface area contributed by atoms with Gasteiger partial charge >= 0.3 is 5.97 Å². The lowest BCUT2D eigenvalue weighted by molar-refractivity contribution is -0.142. The Bertz CT molecular complexity index is 557. The molecule has 1 aliphatic heterocycles. The number of nitrogens with one attached hydrogen (secondary N) is 1. The Kier molecular flexibility index (Phi) is 5.81. The van der Waals surface area contributed by atoms with Gasteiger partial charge in [-0.3, -0.25) is 14.5 Å². The van der Waals surface area contributed by atoms with E-state index in [1.807, 2.05) is 12.1 Å². The number of aliphatic carboxylic acids is 1. The molecule has 1 atom stereocenters. The van der Waals surface area contributed by atoms with Crippen molar-refractivity contribution >= 4 is 65.4 Å². The quantitative estimate of drug-likeness (QED) is 0.686. The van der Waals surface area contributed by atoms with Gasteiger partial charge in [0, 0.05) is 13.4 Å².